The van der Waals surface area contributed by atoms with Crippen LogP contribution in [0.3, 0.4) is 0 Å². The van der Waals surface area contributed by atoms with Gasteiger partial charge in [-0.1, -0.05) is 57.0 Å². The minimum atomic E-state index is 0.191. The number of hydrogen-bond acceptors (Lipinski definition) is 3. The Labute approximate surface area is 161 Å². The highest BCUT2D eigenvalue weighted by molar-refractivity contribution is 5.77. The van der Waals surface area contributed by atoms with Crippen molar-refractivity contribution in [1.29, 1.82) is 0 Å². The molecule has 4 rings (SSSR count). The van der Waals surface area contributed by atoms with E-state index in [9.17, 15) is 4.79 Å². The molecule has 1 aromatic carbocycles. The van der Waals surface area contributed by atoms with E-state index in [-0.39, 0.29) is 11.3 Å². The van der Waals surface area contributed by atoms with Crippen LogP contribution in [0.1, 0.15) is 75.0 Å². The van der Waals surface area contributed by atoms with Crippen LogP contribution < -0.4 is 0 Å². The van der Waals surface area contributed by atoms with E-state index in [2.05, 4.69) is 41.1 Å². The van der Waals surface area contributed by atoms with Crippen molar-refractivity contribution < 1.29 is 4.79 Å². The van der Waals surface area contributed by atoms with Crippen LogP contribution in [-0.2, 0) is 11.2 Å². The third-order valence-electron chi connectivity index (χ3n) is 6.44. The van der Waals surface area contributed by atoms with E-state index in [1.54, 1.807) is 0 Å². The second-order valence-electron chi connectivity index (χ2n) is 8.62. The van der Waals surface area contributed by atoms with Crippen molar-refractivity contribution in [2.45, 2.75) is 64.2 Å². The summed E-state index contributed by atoms with van der Waals surface area (Å²) in [6.45, 7) is 5.89. The van der Waals surface area contributed by atoms with Gasteiger partial charge in [-0.25, -0.2) is 4.98 Å². The zero-order chi connectivity index (χ0) is 18.9. The number of nitrogens with one attached hydrogen (secondary N) is 1. The predicted octanol–water partition coefficient (Wildman–Crippen LogP) is 4.05. The van der Waals surface area contributed by atoms with E-state index >= 15 is 0 Å². The summed E-state index contributed by atoms with van der Waals surface area (Å²) in [5, 5.41) is 7.62. The second kappa shape index (κ2) is 7.45. The molecule has 0 bridgehead atoms. The molecule has 1 saturated heterocycles. The molecule has 0 radical (unpaired) electrons. The quantitative estimate of drug-likeness (QED) is 0.868. The number of aryl methyl sites for hydroxylation is 1. The lowest BCUT2D eigenvalue weighted by Crippen LogP contribution is -2.31. The van der Waals surface area contributed by atoms with E-state index in [0.717, 1.165) is 31.2 Å². The van der Waals surface area contributed by atoms with Gasteiger partial charge in [0.15, 0.2) is 5.82 Å². The average molecular weight is 367 g/mol. The van der Waals surface area contributed by atoms with Crippen LogP contribution >= 0.6 is 0 Å². The zero-order valence-electron chi connectivity index (χ0n) is 16.4. The van der Waals surface area contributed by atoms with Crippen LogP contribution in [0.15, 0.2) is 30.3 Å². The summed E-state index contributed by atoms with van der Waals surface area (Å²) in [6.07, 6.45) is 6.30. The van der Waals surface area contributed by atoms with Gasteiger partial charge in [-0.2, -0.15) is 5.10 Å². The molecule has 2 aliphatic rings. The predicted molar refractivity (Wildman–Crippen MR) is 105 cm³/mol. The van der Waals surface area contributed by atoms with Gasteiger partial charge in [0.05, 0.1) is 0 Å². The summed E-state index contributed by atoms with van der Waals surface area (Å²) in [7, 11) is 0. The fraction of sp³-hybridized carbons (Fsp3) is 0.591. The van der Waals surface area contributed by atoms with Crippen molar-refractivity contribution in [2.24, 2.45) is 5.41 Å². The lowest BCUT2D eigenvalue weighted by Gasteiger charge is -2.28. The first-order valence-electron chi connectivity index (χ1n) is 10.3. The third-order valence-corrected chi connectivity index (χ3v) is 6.44. The molecule has 1 amide bonds. The number of aromatic amines is 1. The molecule has 1 aliphatic carbocycles. The molecule has 5 heteroatoms. The van der Waals surface area contributed by atoms with Crippen LogP contribution in [-0.4, -0.2) is 39.1 Å². The molecule has 1 aromatic heterocycles. The third kappa shape index (κ3) is 3.64. The Morgan fingerprint density at radius 2 is 2.00 bits per heavy atom. The topological polar surface area (TPSA) is 61.9 Å². The van der Waals surface area contributed by atoms with Crippen molar-refractivity contribution in [2.75, 3.05) is 13.1 Å². The molecule has 2 fully saturated rings. The summed E-state index contributed by atoms with van der Waals surface area (Å²) in [5.74, 6) is 2.75. The summed E-state index contributed by atoms with van der Waals surface area (Å²) in [4.78, 5) is 19.8. The Hall–Kier alpha value is -2.17. The van der Waals surface area contributed by atoms with Gasteiger partial charge in [0, 0.05) is 31.3 Å². The van der Waals surface area contributed by atoms with Gasteiger partial charge in [-0.15, -0.1) is 0 Å². The molecule has 2 heterocycles. The number of rotatable bonds is 5. The average Bonchev–Trinajstić information content (AvgIpc) is 3.41. The largest absolute Gasteiger partial charge is 0.341 e. The Bertz CT molecular complexity index is 777. The Morgan fingerprint density at radius 3 is 2.67 bits per heavy atom. The molecule has 5 nitrogen and oxygen atoms in total. The number of likely N-dealkylation sites (tertiary alicyclic amines) is 1. The second-order valence-corrected chi connectivity index (χ2v) is 8.62. The number of amides is 1. The van der Waals surface area contributed by atoms with Gasteiger partial charge >= 0.3 is 0 Å². The molecule has 1 atom stereocenters. The Balaban J connectivity index is 1.48. The lowest BCUT2D eigenvalue weighted by atomic mass is 9.76. The van der Waals surface area contributed by atoms with Gasteiger partial charge in [0.2, 0.25) is 5.91 Å². The molecular weight excluding hydrogens is 336 g/mol. The van der Waals surface area contributed by atoms with Crippen molar-refractivity contribution >= 4 is 5.91 Å². The van der Waals surface area contributed by atoms with Gasteiger partial charge in [0.25, 0.3) is 0 Å². The molecule has 144 valence electrons. The van der Waals surface area contributed by atoms with E-state index < -0.39 is 0 Å². The number of benzene rings is 1. The van der Waals surface area contributed by atoms with Crippen LogP contribution in [0.4, 0.5) is 0 Å². The highest BCUT2D eigenvalue weighted by atomic mass is 16.2. The molecular formula is C22H30N4O. The minimum absolute atomic E-state index is 0.191. The van der Waals surface area contributed by atoms with Gasteiger partial charge in [-0.05, 0) is 30.2 Å². The Morgan fingerprint density at radius 1 is 1.26 bits per heavy atom. The first-order chi connectivity index (χ1) is 13.1. The highest BCUT2D eigenvalue weighted by Gasteiger charge is 2.51. The number of hydrogen-bond donors (Lipinski definition) is 1. The van der Waals surface area contributed by atoms with Crippen LogP contribution in [0.25, 0.3) is 0 Å². The van der Waals surface area contributed by atoms with Crippen molar-refractivity contribution in [3.05, 3.63) is 47.5 Å². The minimum Gasteiger partial charge on any atom is -0.341 e. The summed E-state index contributed by atoms with van der Waals surface area (Å²) in [6, 6.07) is 10.3. The fourth-order valence-electron chi connectivity index (χ4n) is 4.88. The maximum atomic E-state index is 12.9. The molecule has 1 unspecified atom stereocenters. The highest BCUT2D eigenvalue weighted by Crippen LogP contribution is 2.52. The van der Waals surface area contributed by atoms with E-state index in [0.29, 0.717) is 18.3 Å². The van der Waals surface area contributed by atoms with Gasteiger partial charge < -0.3 is 4.90 Å². The van der Waals surface area contributed by atoms with Crippen molar-refractivity contribution in [1.82, 2.24) is 20.1 Å². The van der Waals surface area contributed by atoms with Crippen LogP contribution in [0.5, 0.6) is 0 Å². The maximum absolute atomic E-state index is 12.9. The van der Waals surface area contributed by atoms with Crippen LogP contribution in [0.2, 0.25) is 0 Å². The monoisotopic (exact) mass is 366 g/mol. The number of aromatic nitrogens is 3. The first kappa shape index (κ1) is 18.2. The summed E-state index contributed by atoms with van der Waals surface area (Å²) >= 11 is 0. The van der Waals surface area contributed by atoms with Gasteiger partial charge in [0.1, 0.15) is 5.82 Å². The molecule has 27 heavy (non-hydrogen) atoms. The van der Waals surface area contributed by atoms with E-state index in [4.69, 9.17) is 4.98 Å². The fourth-order valence-corrected chi connectivity index (χ4v) is 4.88. The molecule has 1 spiro atoms. The number of carbonyl (C=O) groups is 1. The van der Waals surface area contributed by atoms with Crippen molar-refractivity contribution in [3.63, 3.8) is 0 Å². The normalized spacial score (nSPS) is 21.4. The van der Waals surface area contributed by atoms with E-state index in [1.807, 2.05) is 18.2 Å². The smallest absolute Gasteiger partial charge is 0.222 e. The Kier molecular flexibility index (Phi) is 5.02. The standard InChI is InChI=1S/C22H30N4O/c1-16(2)20-23-21(25-24-20)18-14-26(15-22(18)12-6-7-13-22)19(27)11-10-17-8-4-3-5-9-17/h3-5,8-9,16,18H,6-7,10-15H2,1-2H3,(H,23,24,25). The number of H-pyrrole nitrogens is 1. The van der Waals surface area contributed by atoms with Crippen molar-refractivity contribution in [3.8, 4) is 0 Å². The number of carbonyl (C=O) groups excluding carboxylic acids is 1. The van der Waals surface area contributed by atoms with Crippen LogP contribution in [0, 0.1) is 5.41 Å². The molecule has 1 saturated carbocycles. The lowest BCUT2D eigenvalue weighted by molar-refractivity contribution is -0.130. The SMILES string of the molecule is CC(C)c1n[nH]c(C2CN(C(=O)CCc3ccccc3)CC23CCCC3)n1. The van der Waals surface area contributed by atoms with E-state index in [1.165, 1.54) is 31.2 Å². The number of nitrogens with zero attached hydrogens (tertiary/aromatic N) is 3. The summed E-state index contributed by atoms with van der Waals surface area (Å²) in [5.41, 5.74) is 1.42. The maximum Gasteiger partial charge on any atom is 0.222 e. The zero-order valence-corrected chi connectivity index (χ0v) is 16.4. The van der Waals surface area contributed by atoms with Gasteiger partial charge in [-0.3, -0.25) is 9.89 Å². The molecule has 1 N–H and O–H groups in total. The first-order valence-corrected chi connectivity index (χ1v) is 10.3. The summed E-state index contributed by atoms with van der Waals surface area (Å²) < 4.78 is 0. The molecule has 1 aliphatic heterocycles. The molecule has 2 aromatic rings.